The van der Waals surface area contributed by atoms with E-state index in [1.807, 2.05) is 0 Å². The smallest absolute Gasteiger partial charge is 0.411 e. The molecule has 33 heavy (non-hydrogen) atoms. The van der Waals surface area contributed by atoms with E-state index in [2.05, 4.69) is 20.4 Å². The summed E-state index contributed by atoms with van der Waals surface area (Å²) in [5.74, 6) is -0.311. The van der Waals surface area contributed by atoms with E-state index in [-0.39, 0.29) is 18.2 Å². The topological polar surface area (TPSA) is 119 Å². The number of nitrogens with one attached hydrogen (secondary N) is 2. The van der Waals surface area contributed by atoms with Crippen LogP contribution >= 0.6 is 0 Å². The number of carbonyl (C=O) groups excluding carboxylic acids is 3. The van der Waals surface area contributed by atoms with Crippen LogP contribution in [0.3, 0.4) is 0 Å². The van der Waals surface area contributed by atoms with Gasteiger partial charge in [0, 0.05) is 36.9 Å². The molecule has 0 fully saturated rings. The average molecular weight is 452 g/mol. The van der Waals surface area contributed by atoms with E-state index in [1.165, 1.54) is 27.4 Å². The monoisotopic (exact) mass is 452 g/mol. The van der Waals surface area contributed by atoms with E-state index in [4.69, 9.17) is 9.47 Å². The number of pyridine rings is 1. The Balaban J connectivity index is 2.04. The van der Waals surface area contributed by atoms with Crippen LogP contribution in [0.5, 0.6) is 5.75 Å². The fourth-order valence-corrected chi connectivity index (χ4v) is 3.03. The van der Waals surface area contributed by atoms with Gasteiger partial charge in [-0.1, -0.05) is 0 Å². The first-order valence-corrected chi connectivity index (χ1v) is 9.90. The third-order valence-electron chi connectivity index (χ3n) is 4.81. The van der Waals surface area contributed by atoms with Gasteiger partial charge in [-0.3, -0.25) is 14.7 Å². The van der Waals surface area contributed by atoms with Gasteiger partial charge < -0.3 is 24.8 Å². The lowest BCUT2D eigenvalue weighted by atomic mass is 10.1. The van der Waals surface area contributed by atoms with E-state index >= 15 is 0 Å². The summed E-state index contributed by atoms with van der Waals surface area (Å²) in [6, 6.07) is 12.1. The van der Waals surface area contributed by atoms with Crippen molar-refractivity contribution in [2.75, 3.05) is 40.4 Å². The molecule has 2 aromatic carbocycles. The van der Waals surface area contributed by atoms with Gasteiger partial charge >= 0.3 is 12.1 Å². The summed E-state index contributed by atoms with van der Waals surface area (Å²) in [6.45, 7) is -0.316. The molecule has 0 saturated carbocycles. The molecule has 0 bridgehead atoms. The van der Waals surface area contributed by atoms with Crippen LogP contribution in [-0.2, 0) is 9.47 Å². The van der Waals surface area contributed by atoms with Crippen LogP contribution in [0.15, 0.2) is 48.7 Å². The number of aromatic nitrogens is 1. The van der Waals surface area contributed by atoms with Gasteiger partial charge in [0.1, 0.15) is 11.3 Å². The van der Waals surface area contributed by atoms with Crippen molar-refractivity contribution in [1.82, 2.24) is 15.2 Å². The van der Waals surface area contributed by atoms with Crippen LogP contribution in [0.2, 0.25) is 0 Å². The normalized spacial score (nSPS) is 10.3. The number of ether oxygens (including phenoxy) is 3. The molecule has 10 nitrogen and oxygen atoms in total. The zero-order chi connectivity index (χ0) is 24.0. The van der Waals surface area contributed by atoms with Crippen molar-refractivity contribution < 1.29 is 28.6 Å². The number of fused-ring (bicyclic) bond motifs is 1. The summed E-state index contributed by atoms with van der Waals surface area (Å²) in [5.41, 5.74) is 2.18. The number of hydrogen-bond donors (Lipinski definition) is 2. The molecule has 0 aliphatic heterocycles. The Morgan fingerprint density at radius 1 is 1.06 bits per heavy atom. The van der Waals surface area contributed by atoms with Crippen LogP contribution in [-0.4, -0.2) is 62.9 Å². The second-order valence-corrected chi connectivity index (χ2v) is 6.94. The Labute approximate surface area is 190 Å². The van der Waals surface area contributed by atoms with Gasteiger partial charge in [-0.2, -0.15) is 0 Å². The van der Waals surface area contributed by atoms with Gasteiger partial charge in [-0.15, -0.1) is 0 Å². The molecule has 0 aliphatic carbocycles. The molecule has 1 heterocycles. The van der Waals surface area contributed by atoms with E-state index in [0.29, 0.717) is 33.6 Å². The molecular weight excluding hydrogens is 428 g/mol. The Bertz CT molecular complexity index is 1180. The van der Waals surface area contributed by atoms with Crippen molar-refractivity contribution in [2.24, 2.45) is 0 Å². The molecule has 10 heteroatoms. The largest absolute Gasteiger partial charge is 0.497 e. The van der Waals surface area contributed by atoms with Gasteiger partial charge in [0.25, 0.3) is 5.91 Å². The molecule has 0 radical (unpaired) electrons. The van der Waals surface area contributed by atoms with Crippen molar-refractivity contribution in [3.63, 3.8) is 0 Å². The van der Waals surface area contributed by atoms with Crippen LogP contribution in [0, 0.1) is 0 Å². The minimum Gasteiger partial charge on any atom is -0.497 e. The number of esters is 1. The minimum atomic E-state index is -0.707. The second kappa shape index (κ2) is 10.3. The Kier molecular flexibility index (Phi) is 7.29. The number of nitrogens with zero attached hydrogens (tertiary/aromatic N) is 2. The van der Waals surface area contributed by atoms with E-state index in [1.54, 1.807) is 49.6 Å². The van der Waals surface area contributed by atoms with Gasteiger partial charge in [0.15, 0.2) is 6.73 Å². The number of benzene rings is 2. The Morgan fingerprint density at radius 3 is 2.42 bits per heavy atom. The number of methoxy groups -OCH3 is 2. The maximum absolute atomic E-state index is 12.9. The van der Waals surface area contributed by atoms with Crippen LogP contribution < -0.4 is 15.4 Å². The first kappa shape index (κ1) is 23.3. The highest BCUT2D eigenvalue weighted by atomic mass is 16.6. The summed E-state index contributed by atoms with van der Waals surface area (Å²) in [5, 5.41) is 6.34. The molecule has 2 N–H and O–H groups in total. The zero-order valence-electron chi connectivity index (χ0n) is 18.7. The molecule has 0 atom stereocenters. The number of hydrogen-bond acceptors (Lipinski definition) is 8. The highest BCUT2D eigenvalue weighted by Gasteiger charge is 2.20. The lowest BCUT2D eigenvalue weighted by Gasteiger charge is -2.18. The van der Waals surface area contributed by atoms with E-state index in [9.17, 15) is 14.4 Å². The van der Waals surface area contributed by atoms with Gasteiger partial charge in [0.2, 0.25) is 0 Å². The zero-order valence-corrected chi connectivity index (χ0v) is 18.7. The molecule has 0 spiro atoms. The molecule has 0 saturated heterocycles. The number of rotatable bonds is 7. The van der Waals surface area contributed by atoms with Crippen molar-refractivity contribution in [1.29, 1.82) is 0 Å². The summed E-state index contributed by atoms with van der Waals surface area (Å²) < 4.78 is 15.1. The quantitative estimate of drug-likeness (QED) is 0.414. The van der Waals surface area contributed by atoms with Crippen molar-refractivity contribution in [2.45, 2.75) is 0 Å². The highest BCUT2D eigenvalue weighted by Crippen LogP contribution is 2.31. The number of amides is 2. The fraction of sp³-hybridized carbons (Fsp3) is 0.217. The van der Waals surface area contributed by atoms with Gasteiger partial charge in [-0.05, 0) is 42.5 Å². The molecule has 3 aromatic rings. The second-order valence-electron chi connectivity index (χ2n) is 6.94. The van der Waals surface area contributed by atoms with Crippen molar-refractivity contribution in [3.8, 4) is 5.75 Å². The maximum atomic E-state index is 12.9. The molecule has 0 unspecified atom stereocenters. The molecule has 3 rings (SSSR count). The van der Waals surface area contributed by atoms with Crippen LogP contribution in [0.4, 0.5) is 16.2 Å². The lowest BCUT2D eigenvalue weighted by Crippen LogP contribution is -2.30. The molecule has 172 valence electrons. The average Bonchev–Trinajstić information content (AvgIpc) is 2.86. The first-order valence-electron chi connectivity index (χ1n) is 9.90. The Hall–Kier alpha value is -4.34. The first-order chi connectivity index (χ1) is 15.9. The lowest BCUT2D eigenvalue weighted by molar-refractivity contribution is 0.0268. The van der Waals surface area contributed by atoms with Crippen molar-refractivity contribution in [3.05, 3.63) is 59.8 Å². The standard InChI is InChI=1S/C23H24N4O6/c1-24-21(28)14-5-10-19-17(11-14)20(26-15-6-8-16(31-3)9-7-15)18(12-25-19)22(29)33-13-27(2)23(30)32-4/h5-12H,13H2,1-4H3,(H,24,28)(H,25,26). The van der Waals surface area contributed by atoms with E-state index < -0.39 is 12.1 Å². The van der Waals surface area contributed by atoms with E-state index in [0.717, 1.165) is 4.90 Å². The summed E-state index contributed by atoms with van der Waals surface area (Å²) >= 11 is 0. The van der Waals surface area contributed by atoms with Gasteiger partial charge in [-0.25, -0.2) is 9.59 Å². The minimum absolute atomic E-state index is 0.130. The maximum Gasteiger partial charge on any atom is 0.411 e. The predicted octanol–water partition coefficient (Wildman–Crippen LogP) is 3.16. The fourth-order valence-electron chi connectivity index (χ4n) is 3.03. The van der Waals surface area contributed by atoms with Crippen LogP contribution in [0.25, 0.3) is 10.9 Å². The molecule has 1 aromatic heterocycles. The van der Waals surface area contributed by atoms with Crippen molar-refractivity contribution >= 4 is 40.2 Å². The summed E-state index contributed by atoms with van der Waals surface area (Å²) in [7, 11) is 5.77. The Morgan fingerprint density at radius 2 is 1.79 bits per heavy atom. The molecular formula is C23H24N4O6. The molecule has 2 amide bonds. The van der Waals surface area contributed by atoms with Crippen LogP contribution in [0.1, 0.15) is 20.7 Å². The third kappa shape index (κ3) is 5.29. The summed E-state index contributed by atoms with van der Waals surface area (Å²) in [4.78, 5) is 42.1. The highest BCUT2D eigenvalue weighted by molar-refractivity contribution is 6.08. The van der Waals surface area contributed by atoms with Gasteiger partial charge in [0.05, 0.1) is 25.4 Å². The third-order valence-corrected chi connectivity index (χ3v) is 4.81. The SMILES string of the molecule is CNC(=O)c1ccc2ncc(C(=O)OCN(C)C(=O)OC)c(Nc3ccc(OC)cc3)c2c1. The number of anilines is 2. The summed E-state index contributed by atoms with van der Waals surface area (Å²) in [6.07, 6.45) is 0.736. The molecule has 0 aliphatic rings. The predicted molar refractivity (Wildman–Crippen MR) is 122 cm³/mol. The number of carbonyl (C=O) groups is 3.